The number of hydrogen-bond donors (Lipinski definition) is 0. The Kier molecular flexibility index (Phi) is 18.6. The van der Waals surface area contributed by atoms with Crippen LogP contribution in [0.3, 0.4) is 0 Å². The summed E-state index contributed by atoms with van der Waals surface area (Å²) in [4.78, 5) is 2.57. The normalized spacial score (nSPS) is 26.3. The van der Waals surface area contributed by atoms with Gasteiger partial charge < -0.3 is 44.7 Å². The van der Waals surface area contributed by atoms with Gasteiger partial charge >= 0.3 is 0 Å². The number of rotatable bonds is 8. The molecule has 69 heavy (non-hydrogen) atoms. The molecule has 7 unspecified atom stereocenters. The van der Waals surface area contributed by atoms with Crippen molar-refractivity contribution in [2.24, 2.45) is 17.8 Å². The SMILES string of the molecule is [CH-]1CCCCC1C1CCCC[N-]1.[CH-]1CCCCC1C1CCCC[N-]1.[Ir].c1ccc(N(c2ccc(-c3ccc4c(c3)c3ccccc3n4-c3ccccc3)cc2)C2C[CH-]C(C3CCCC[N-]3)CC2)cc1. The van der Waals surface area contributed by atoms with Crippen LogP contribution in [0.4, 0.5) is 11.4 Å². The minimum atomic E-state index is 0. The Bertz CT molecular complexity index is 2330. The fourth-order valence-electron chi connectivity index (χ4n) is 12.7. The summed E-state index contributed by atoms with van der Waals surface area (Å²) in [6, 6.07) is 49.0. The van der Waals surface area contributed by atoms with E-state index >= 15 is 0 Å². The first-order chi connectivity index (χ1) is 33.8. The molecule has 0 spiro atoms. The van der Waals surface area contributed by atoms with Crippen molar-refractivity contribution in [1.82, 2.24) is 4.57 Å². The van der Waals surface area contributed by atoms with Crippen molar-refractivity contribution in [2.75, 3.05) is 24.5 Å². The number of aromatic nitrogens is 1. The minimum Gasteiger partial charge on any atom is -0.661 e. The molecule has 0 bridgehead atoms. The van der Waals surface area contributed by atoms with E-state index in [2.05, 4.69) is 156 Å². The summed E-state index contributed by atoms with van der Waals surface area (Å²) in [5.41, 5.74) is 8.70. The molecule has 0 amide bonds. The molecule has 7 atom stereocenters. The molecule has 4 heterocycles. The number of para-hydroxylation sites is 3. The van der Waals surface area contributed by atoms with Crippen molar-refractivity contribution in [1.29, 1.82) is 0 Å². The van der Waals surface area contributed by atoms with E-state index in [1.165, 1.54) is 172 Å². The van der Waals surface area contributed by atoms with Gasteiger partial charge in [0.2, 0.25) is 0 Å². The van der Waals surface area contributed by atoms with Crippen molar-refractivity contribution in [2.45, 2.75) is 153 Å². The second kappa shape index (κ2) is 25.6. The van der Waals surface area contributed by atoms with E-state index in [-0.39, 0.29) is 20.1 Å². The molecule has 3 aliphatic carbocycles. The average Bonchev–Trinajstić information content (AvgIpc) is 3.77. The Morgan fingerprint density at radius 1 is 0.420 bits per heavy atom. The Morgan fingerprint density at radius 3 is 1.46 bits per heavy atom. The monoisotopic (exact) mass is 1100 g/mol. The Morgan fingerprint density at radius 2 is 0.928 bits per heavy atom. The zero-order valence-corrected chi connectivity index (χ0v) is 43.6. The summed E-state index contributed by atoms with van der Waals surface area (Å²) >= 11 is 0. The molecular formula is C63H77IrN5-6. The molecule has 0 N–H and O–H groups in total. The van der Waals surface area contributed by atoms with E-state index in [0.717, 1.165) is 37.9 Å². The van der Waals surface area contributed by atoms with Gasteiger partial charge in [0.05, 0.1) is 11.0 Å². The minimum absolute atomic E-state index is 0. The first kappa shape index (κ1) is 50.2. The molecule has 6 heteroatoms. The summed E-state index contributed by atoms with van der Waals surface area (Å²) in [5.74, 6) is 2.34. The standard InChI is InChI=1S/C41H39N3.2C11H19N.Ir/c1-3-11-33(12-4-1)43(36-25-20-31(21-26-36)39-16-9-10-28-42-39)35-23-18-30(19-24-35)32-22-27-41-38(29-32)37-15-7-8-17-40(37)44(41)34-13-5-2-6-14-34;2*1-2-6-10(7-3-1)11-8-4-5-9-12-11;/h1-8,11-15,17-20,22-24,27,29,31,36,39H,9-10,16,21,25-26,28H2;2*6,10-11H,1-5,7-9H2;/q3*-2;. The Labute approximate surface area is 429 Å². The number of hydrogen-bond acceptors (Lipinski definition) is 1. The van der Waals surface area contributed by atoms with Gasteiger partial charge in [0.15, 0.2) is 0 Å². The van der Waals surface area contributed by atoms with Gasteiger partial charge in [-0.05, 0) is 72.1 Å². The van der Waals surface area contributed by atoms with E-state index < -0.39 is 0 Å². The van der Waals surface area contributed by atoms with Crippen LogP contribution in [-0.4, -0.2) is 48.4 Å². The van der Waals surface area contributed by atoms with Crippen LogP contribution in [0, 0.1) is 37.0 Å². The maximum Gasteiger partial charge on any atom is 0.0541 e. The van der Waals surface area contributed by atoms with Gasteiger partial charge in [0, 0.05) is 54.0 Å². The first-order valence-corrected chi connectivity index (χ1v) is 27.3. The van der Waals surface area contributed by atoms with Gasteiger partial charge in [-0.2, -0.15) is 55.1 Å². The zero-order chi connectivity index (χ0) is 45.7. The average molecular weight is 1100 g/mol. The number of fused-ring (bicyclic) bond motifs is 3. The summed E-state index contributed by atoms with van der Waals surface area (Å²) < 4.78 is 2.38. The number of anilines is 2. The molecule has 6 aromatic rings. The van der Waals surface area contributed by atoms with Gasteiger partial charge in [0.1, 0.15) is 0 Å². The van der Waals surface area contributed by atoms with E-state index in [4.69, 9.17) is 16.0 Å². The van der Waals surface area contributed by atoms with Crippen molar-refractivity contribution in [3.05, 3.63) is 163 Å². The van der Waals surface area contributed by atoms with Crippen molar-refractivity contribution < 1.29 is 20.1 Å². The molecule has 3 saturated carbocycles. The molecule has 6 aliphatic rings. The summed E-state index contributed by atoms with van der Waals surface area (Å²) in [6.45, 7) is 3.33. The van der Waals surface area contributed by atoms with E-state index in [1.807, 2.05) is 0 Å². The molecular weight excluding hydrogens is 1020 g/mol. The second-order valence-corrected chi connectivity index (χ2v) is 20.8. The maximum absolute atomic E-state index is 4.98. The fraction of sp³-hybridized carbons (Fsp3) is 0.476. The number of piperidine rings is 3. The van der Waals surface area contributed by atoms with Gasteiger partial charge in [-0.15, -0.1) is 19.6 Å². The molecule has 3 aliphatic heterocycles. The molecule has 12 rings (SSSR count). The predicted octanol–water partition coefficient (Wildman–Crippen LogP) is 17.5. The van der Waals surface area contributed by atoms with Gasteiger partial charge in [-0.3, -0.25) is 0 Å². The molecule has 5 nitrogen and oxygen atoms in total. The number of benzene rings is 5. The van der Waals surface area contributed by atoms with Crippen LogP contribution in [0.15, 0.2) is 127 Å². The summed E-state index contributed by atoms with van der Waals surface area (Å²) in [5, 5.41) is 17.0. The Hall–Kier alpha value is -3.77. The van der Waals surface area contributed by atoms with E-state index in [0.29, 0.717) is 30.1 Å². The van der Waals surface area contributed by atoms with Crippen molar-refractivity contribution in [3.8, 4) is 16.8 Å². The van der Waals surface area contributed by atoms with Crippen LogP contribution in [0.5, 0.6) is 0 Å². The van der Waals surface area contributed by atoms with Crippen LogP contribution >= 0.6 is 0 Å². The quantitative estimate of drug-likeness (QED) is 0.140. The van der Waals surface area contributed by atoms with Crippen LogP contribution in [0.25, 0.3) is 54.6 Å². The van der Waals surface area contributed by atoms with Crippen LogP contribution in [0.2, 0.25) is 0 Å². The van der Waals surface area contributed by atoms with Gasteiger partial charge in [-0.25, -0.2) is 0 Å². The van der Waals surface area contributed by atoms with E-state index in [1.54, 1.807) is 0 Å². The molecule has 1 radical (unpaired) electrons. The van der Waals surface area contributed by atoms with Crippen LogP contribution in [-0.2, 0) is 20.1 Å². The first-order valence-electron chi connectivity index (χ1n) is 27.3. The van der Waals surface area contributed by atoms with Crippen LogP contribution < -0.4 is 4.90 Å². The maximum atomic E-state index is 4.98. The van der Waals surface area contributed by atoms with Crippen molar-refractivity contribution >= 4 is 33.2 Å². The molecule has 1 aromatic heterocycles. The molecule has 5 aromatic carbocycles. The largest absolute Gasteiger partial charge is 0.661 e. The third-order valence-corrected chi connectivity index (χ3v) is 16.3. The Balaban J connectivity index is 0.000000192. The third-order valence-electron chi connectivity index (χ3n) is 16.3. The summed E-state index contributed by atoms with van der Waals surface area (Å²) in [7, 11) is 0. The molecule has 3 saturated heterocycles. The topological polar surface area (TPSA) is 50.5 Å². The molecule has 369 valence electrons. The van der Waals surface area contributed by atoms with Gasteiger partial charge in [0.25, 0.3) is 0 Å². The summed E-state index contributed by atoms with van der Waals surface area (Å²) in [6.07, 6.45) is 34.5. The predicted molar refractivity (Wildman–Crippen MR) is 290 cm³/mol. The van der Waals surface area contributed by atoms with Crippen molar-refractivity contribution in [3.63, 3.8) is 0 Å². The van der Waals surface area contributed by atoms with E-state index in [9.17, 15) is 0 Å². The fourth-order valence-corrected chi connectivity index (χ4v) is 12.7. The van der Waals surface area contributed by atoms with Crippen LogP contribution in [0.1, 0.15) is 128 Å². The zero-order valence-electron chi connectivity index (χ0n) is 41.2. The third kappa shape index (κ3) is 12.6. The molecule has 6 fully saturated rings. The smallest absolute Gasteiger partial charge is 0.0541 e. The second-order valence-electron chi connectivity index (χ2n) is 20.8. The van der Waals surface area contributed by atoms with Gasteiger partial charge in [-0.1, -0.05) is 176 Å². The number of nitrogens with zero attached hydrogens (tertiary/aromatic N) is 5.